The highest BCUT2D eigenvalue weighted by Gasteiger charge is 2.25. The van der Waals surface area contributed by atoms with Gasteiger partial charge in [-0.05, 0) is 19.1 Å². The SMILES string of the molecule is CC(=O)c1cccc(NS(=O)(=O)c2scnc2C(=O)O)c1. The zero-order chi connectivity index (χ0) is 15.6. The number of carboxylic acid groups (broad SMARTS) is 1. The van der Waals surface area contributed by atoms with Gasteiger partial charge in [0, 0.05) is 11.3 Å². The van der Waals surface area contributed by atoms with Crippen LogP contribution in [-0.2, 0) is 10.0 Å². The van der Waals surface area contributed by atoms with Crippen molar-refractivity contribution in [2.24, 2.45) is 0 Å². The van der Waals surface area contributed by atoms with Gasteiger partial charge >= 0.3 is 5.97 Å². The van der Waals surface area contributed by atoms with E-state index >= 15 is 0 Å². The molecule has 0 unspecified atom stereocenters. The van der Waals surface area contributed by atoms with Gasteiger partial charge in [0.15, 0.2) is 15.7 Å². The van der Waals surface area contributed by atoms with Crippen molar-refractivity contribution in [1.29, 1.82) is 0 Å². The van der Waals surface area contributed by atoms with Gasteiger partial charge in [-0.3, -0.25) is 9.52 Å². The van der Waals surface area contributed by atoms with E-state index in [0.29, 0.717) is 16.9 Å². The molecule has 0 amide bonds. The second-order valence-corrected chi connectivity index (χ2v) is 6.77. The third-order valence-electron chi connectivity index (χ3n) is 2.50. The molecule has 0 radical (unpaired) electrons. The van der Waals surface area contributed by atoms with Crippen LogP contribution in [0, 0.1) is 0 Å². The lowest BCUT2D eigenvalue weighted by atomic mass is 10.1. The number of Topliss-reactive ketones (excluding diaryl/α,β-unsaturated/α-hetero) is 1. The molecule has 1 aromatic heterocycles. The number of aromatic carboxylic acids is 1. The number of hydrogen-bond donors (Lipinski definition) is 2. The number of carbonyl (C=O) groups is 2. The fraction of sp³-hybridized carbons (Fsp3) is 0.0833. The van der Waals surface area contributed by atoms with Crippen LogP contribution in [0.25, 0.3) is 0 Å². The van der Waals surface area contributed by atoms with Gasteiger partial charge < -0.3 is 5.11 Å². The molecule has 9 heteroatoms. The van der Waals surface area contributed by atoms with E-state index in [1.165, 1.54) is 25.1 Å². The van der Waals surface area contributed by atoms with Crippen molar-refractivity contribution in [1.82, 2.24) is 4.98 Å². The summed E-state index contributed by atoms with van der Waals surface area (Å²) in [4.78, 5) is 25.7. The van der Waals surface area contributed by atoms with E-state index < -0.39 is 21.7 Å². The molecule has 2 aromatic rings. The summed E-state index contributed by atoms with van der Waals surface area (Å²) in [6, 6.07) is 5.92. The van der Waals surface area contributed by atoms with Gasteiger partial charge in [-0.25, -0.2) is 18.2 Å². The minimum atomic E-state index is -4.07. The number of sulfonamides is 1. The Morgan fingerprint density at radius 1 is 1.33 bits per heavy atom. The van der Waals surface area contributed by atoms with Crippen LogP contribution in [-0.4, -0.2) is 30.3 Å². The monoisotopic (exact) mass is 326 g/mol. The van der Waals surface area contributed by atoms with E-state index in [2.05, 4.69) is 9.71 Å². The van der Waals surface area contributed by atoms with Crippen molar-refractivity contribution < 1.29 is 23.1 Å². The molecule has 0 aliphatic carbocycles. The number of thiazole rings is 1. The van der Waals surface area contributed by atoms with Crippen molar-refractivity contribution in [2.75, 3.05) is 4.72 Å². The van der Waals surface area contributed by atoms with Gasteiger partial charge in [-0.15, -0.1) is 11.3 Å². The molecule has 21 heavy (non-hydrogen) atoms. The van der Waals surface area contributed by atoms with Crippen LogP contribution in [0.4, 0.5) is 5.69 Å². The Labute approximate surface area is 124 Å². The Morgan fingerprint density at radius 3 is 2.67 bits per heavy atom. The molecule has 0 saturated carbocycles. The molecular weight excluding hydrogens is 316 g/mol. The smallest absolute Gasteiger partial charge is 0.356 e. The Hall–Kier alpha value is -2.26. The molecule has 0 fully saturated rings. The van der Waals surface area contributed by atoms with Crippen LogP contribution in [0.5, 0.6) is 0 Å². The molecule has 0 saturated heterocycles. The van der Waals surface area contributed by atoms with Gasteiger partial charge in [-0.2, -0.15) is 0 Å². The number of anilines is 1. The molecule has 1 aromatic carbocycles. The fourth-order valence-corrected chi connectivity index (χ4v) is 3.76. The molecule has 0 aliphatic heterocycles. The first-order valence-electron chi connectivity index (χ1n) is 5.62. The van der Waals surface area contributed by atoms with E-state index in [4.69, 9.17) is 5.11 Å². The molecule has 1 heterocycles. The average molecular weight is 326 g/mol. The molecule has 2 N–H and O–H groups in total. The molecule has 110 valence electrons. The van der Waals surface area contributed by atoms with Crippen molar-refractivity contribution in [3.63, 3.8) is 0 Å². The second kappa shape index (κ2) is 5.62. The maximum atomic E-state index is 12.2. The molecule has 0 atom stereocenters. The zero-order valence-electron chi connectivity index (χ0n) is 10.7. The summed E-state index contributed by atoms with van der Waals surface area (Å²) in [5, 5.41) is 8.91. The van der Waals surface area contributed by atoms with Gasteiger partial charge in [-0.1, -0.05) is 12.1 Å². The van der Waals surface area contributed by atoms with Crippen LogP contribution < -0.4 is 4.72 Å². The van der Waals surface area contributed by atoms with Crippen LogP contribution in [0.3, 0.4) is 0 Å². The van der Waals surface area contributed by atoms with E-state index in [9.17, 15) is 18.0 Å². The predicted molar refractivity (Wildman–Crippen MR) is 76.3 cm³/mol. The first-order valence-corrected chi connectivity index (χ1v) is 7.98. The average Bonchev–Trinajstić information content (AvgIpc) is 2.88. The highest BCUT2D eigenvalue weighted by molar-refractivity contribution is 7.94. The standard InChI is InChI=1S/C12H10N2O5S2/c1-7(15)8-3-2-4-9(5-8)14-21(18,19)12-10(11(16)17)13-6-20-12/h2-6,14H,1H3,(H,16,17). The number of nitrogens with one attached hydrogen (secondary N) is 1. The molecule has 0 spiro atoms. The Morgan fingerprint density at radius 2 is 2.05 bits per heavy atom. The summed E-state index contributed by atoms with van der Waals surface area (Å²) in [5.74, 6) is -1.63. The van der Waals surface area contributed by atoms with E-state index in [0.717, 1.165) is 5.51 Å². The maximum Gasteiger partial charge on any atom is 0.356 e. The number of benzene rings is 1. The van der Waals surface area contributed by atoms with Crippen molar-refractivity contribution >= 4 is 38.8 Å². The minimum absolute atomic E-state index is 0.174. The summed E-state index contributed by atoms with van der Waals surface area (Å²) < 4.78 is 26.2. The van der Waals surface area contributed by atoms with Gasteiger partial charge in [0.05, 0.1) is 5.51 Å². The quantitative estimate of drug-likeness (QED) is 0.811. The summed E-state index contributed by atoms with van der Waals surface area (Å²) >= 11 is 0.705. The Bertz CT molecular complexity index is 811. The van der Waals surface area contributed by atoms with Gasteiger partial charge in [0.1, 0.15) is 0 Å². The lowest BCUT2D eigenvalue weighted by Crippen LogP contribution is -2.15. The first kappa shape index (κ1) is 15.1. The Kier molecular flexibility index (Phi) is 4.05. The zero-order valence-corrected chi connectivity index (χ0v) is 12.4. The van der Waals surface area contributed by atoms with Crippen LogP contribution in [0.2, 0.25) is 0 Å². The fourth-order valence-electron chi connectivity index (χ4n) is 1.57. The number of hydrogen-bond acceptors (Lipinski definition) is 6. The number of carboxylic acids is 1. The van der Waals surface area contributed by atoms with Crippen molar-refractivity contribution in [3.8, 4) is 0 Å². The lowest BCUT2D eigenvalue weighted by Gasteiger charge is -2.07. The summed E-state index contributed by atoms with van der Waals surface area (Å²) in [6.45, 7) is 1.36. The number of ketones is 1. The van der Waals surface area contributed by atoms with E-state index in [1.54, 1.807) is 6.07 Å². The number of carbonyl (C=O) groups excluding carboxylic acids is 1. The first-order chi connectivity index (χ1) is 9.81. The Balaban J connectivity index is 2.38. The third kappa shape index (κ3) is 3.26. The van der Waals surface area contributed by atoms with Gasteiger partial charge in [0.2, 0.25) is 0 Å². The normalized spacial score (nSPS) is 11.1. The summed E-state index contributed by atoms with van der Waals surface area (Å²) in [7, 11) is -4.07. The topological polar surface area (TPSA) is 113 Å². The second-order valence-electron chi connectivity index (χ2n) is 4.04. The molecule has 2 rings (SSSR count). The van der Waals surface area contributed by atoms with Crippen molar-refractivity contribution in [2.45, 2.75) is 11.1 Å². The highest BCUT2D eigenvalue weighted by Crippen LogP contribution is 2.23. The van der Waals surface area contributed by atoms with Gasteiger partial charge in [0.25, 0.3) is 10.0 Å². The predicted octanol–water partition coefficient (Wildman–Crippen LogP) is 1.84. The maximum absolute atomic E-state index is 12.2. The molecule has 0 bridgehead atoms. The molecule has 7 nitrogen and oxygen atoms in total. The van der Waals surface area contributed by atoms with E-state index in [1.807, 2.05) is 0 Å². The molecule has 0 aliphatic rings. The highest BCUT2D eigenvalue weighted by atomic mass is 32.2. The minimum Gasteiger partial charge on any atom is -0.476 e. The van der Waals surface area contributed by atoms with E-state index in [-0.39, 0.29) is 15.7 Å². The van der Waals surface area contributed by atoms with Crippen molar-refractivity contribution in [3.05, 3.63) is 41.0 Å². The summed E-state index contributed by atoms with van der Waals surface area (Å²) in [5.41, 5.74) is 1.13. The van der Waals surface area contributed by atoms with Crippen LogP contribution >= 0.6 is 11.3 Å². The number of rotatable bonds is 5. The number of aromatic nitrogens is 1. The molecular formula is C12H10N2O5S2. The lowest BCUT2D eigenvalue weighted by molar-refractivity contribution is 0.0687. The third-order valence-corrected chi connectivity index (χ3v) is 5.25. The summed E-state index contributed by atoms with van der Waals surface area (Å²) in [6.07, 6.45) is 0. The van der Waals surface area contributed by atoms with Crippen LogP contribution in [0.15, 0.2) is 34.0 Å². The number of nitrogens with zero attached hydrogens (tertiary/aromatic N) is 1. The largest absolute Gasteiger partial charge is 0.476 e. The van der Waals surface area contributed by atoms with Crippen LogP contribution in [0.1, 0.15) is 27.8 Å².